The standard InChI is InChI=1S/C19H16BrCl2NO5/c1-26-16(24)13-14(17(25)27-2)23-10-6-9-12(20)15(23)28-19(13,18(21)22)11-7-4-3-5-8-11/h3-10,15,18H,1-2H3. The third-order valence-electron chi connectivity index (χ3n) is 4.43. The molecule has 0 amide bonds. The Labute approximate surface area is 180 Å². The summed E-state index contributed by atoms with van der Waals surface area (Å²) < 4.78 is 16.9. The predicted molar refractivity (Wildman–Crippen MR) is 108 cm³/mol. The minimum absolute atomic E-state index is 0.0675. The van der Waals surface area contributed by atoms with Gasteiger partial charge in [0, 0.05) is 10.7 Å². The Bertz CT molecular complexity index is 884. The number of hydrogen-bond acceptors (Lipinski definition) is 6. The van der Waals surface area contributed by atoms with E-state index in [-0.39, 0.29) is 11.3 Å². The zero-order valence-electron chi connectivity index (χ0n) is 14.9. The molecule has 3 rings (SSSR count). The first kappa shape index (κ1) is 20.9. The lowest BCUT2D eigenvalue weighted by molar-refractivity contribution is -0.158. The van der Waals surface area contributed by atoms with E-state index in [0.717, 1.165) is 0 Å². The molecule has 2 unspecified atom stereocenters. The Hall–Kier alpha value is -1.80. The second kappa shape index (κ2) is 8.29. The van der Waals surface area contributed by atoms with E-state index in [2.05, 4.69) is 15.9 Å². The number of fused-ring (bicyclic) bond motifs is 1. The van der Waals surface area contributed by atoms with Crippen LogP contribution < -0.4 is 0 Å². The topological polar surface area (TPSA) is 65.1 Å². The van der Waals surface area contributed by atoms with Crippen LogP contribution in [-0.4, -0.2) is 42.1 Å². The van der Waals surface area contributed by atoms with Gasteiger partial charge in [-0.3, -0.25) is 0 Å². The quantitative estimate of drug-likeness (QED) is 0.475. The number of benzene rings is 1. The van der Waals surface area contributed by atoms with Crippen molar-refractivity contribution in [2.75, 3.05) is 14.2 Å². The minimum Gasteiger partial charge on any atom is -0.466 e. The fourth-order valence-corrected chi connectivity index (χ4v) is 4.24. The monoisotopic (exact) mass is 487 g/mol. The largest absolute Gasteiger partial charge is 0.466 e. The molecule has 0 fully saturated rings. The van der Waals surface area contributed by atoms with Gasteiger partial charge in [-0.15, -0.1) is 23.2 Å². The van der Waals surface area contributed by atoms with E-state index < -0.39 is 28.6 Å². The molecule has 6 nitrogen and oxygen atoms in total. The molecule has 1 aromatic carbocycles. The van der Waals surface area contributed by atoms with E-state index >= 15 is 0 Å². The molecule has 0 aromatic heterocycles. The van der Waals surface area contributed by atoms with Crippen LogP contribution >= 0.6 is 39.1 Å². The van der Waals surface area contributed by atoms with Gasteiger partial charge in [-0.05, 0) is 17.7 Å². The number of allylic oxidation sites excluding steroid dienone is 2. The summed E-state index contributed by atoms with van der Waals surface area (Å²) in [5, 5.41) is 0. The smallest absolute Gasteiger partial charge is 0.355 e. The van der Waals surface area contributed by atoms with E-state index in [1.54, 1.807) is 48.7 Å². The third-order valence-corrected chi connectivity index (χ3v) is 5.70. The van der Waals surface area contributed by atoms with Crippen molar-refractivity contribution in [1.29, 1.82) is 0 Å². The van der Waals surface area contributed by atoms with Crippen LogP contribution in [0.1, 0.15) is 5.56 Å². The van der Waals surface area contributed by atoms with Crippen molar-refractivity contribution in [2.24, 2.45) is 0 Å². The zero-order chi connectivity index (χ0) is 20.5. The molecule has 0 bridgehead atoms. The molecule has 1 aromatic rings. The minimum atomic E-state index is -1.68. The van der Waals surface area contributed by atoms with Crippen molar-refractivity contribution in [3.8, 4) is 0 Å². The Morgan fingerprint density at radius 2 is 1.82 bits per heavy atom. The van der Waals surface area contributed by atoms with Gasteiger partial charge in [0.2, 0.25) is 0 Å². The van der Waals surface area contributed by atoms with Crippen molar-refractivity contribution in [3.63, 3.8) is 0 Å². The summed E-state index contributed by atoms with van der Waals surface area (Å²) in [6.45, 7) is 0. The lowest BCUT2D eigenvalue weighted by atomic mass is 9.83. The maximum Gasteiger partial charge on any atom is 0.355 e. The van der Waals surface area contributed by atoms with Gasteiger partial charge in [-0.1, -0.05) is 46.3 Å². The molecule has 0 saturated heterocycles. The molecule has 2 heterocycles. The van der Waals surface area contributed by atoms with Crippen molar-refractivity contribution < 1.29 is 23.8 Å². The zero-order valence-corrected chi connectivity index (χ0v) is 18.0. The SMILES string of the molecule is COC(=O)C1=C(C(=O)OC)C(c2ccccc2)(C(Cl)Cl)OC2C(Br)=CC=CN12. The number of halogens is 3. The molecule has 2 aliphatic heterocycles. The van der Waals surface area contributed by atoms with Gasteiger partial charge in [0.1, 0.15) is 16.1 Å². The number of alkyl halides is 2. The summed E-state index contributed by atoms with van der Waals surface area (Å²) in [4.78, 5) is 25.9. The number of carbonyl (C=O) groups is 2. The Balaban J connectivity index is 2.42. The van der Waals surface area contributed by atoms with Crippen LogP contribution in [0, 0.1) is 0 Å². The molecule has 0 saturated carbocycles. The number of methoxy groups -OCH3 is 2. The second-order valence-electron chi connectivity index (χ2n) is 5.88. The highest BCUT2D eigenvalue weighted by Gasteiger charge is 2.57. The molecule has 9 heteroatoms. The number of rotatable bonds is 4. The molecule has 0 radical (unpaired) electrons. The van der Waals surface area contributed by atoms with Crippen LogP contribution in [-0.2, 0) is 29.4 Å². The summed E-state index contributed by atoms with van der Waals surface area (Å²) in [6, 6.07) is 8.72. The molecular weight excluding hydrogens is 473 g/mol. The summed E-state index contributed by atoms with van der Waals surface area (Å²) in [6.07, 6.45) is 4.24. The van der Waals surface area contributed by atoms with E-state index in [4.69, 9.17) is 37.4 Å². The Morgan fingerprint density at radius 1 is 1.18 bits per heavy atom. The van der Waals surface area contributed by atoms with Crippen molar-refractivity contribution in [3.05, 3.63) is 70.0 Å². The van der Waals surface area contributed by atoms with Gasteiger partial charge in [0.05, 0.1) is 14.2 Å². The van der Waals surface area contributed by atoms with Crippen molar-refractivity contribution >= 4 is 51.1 Å². The fourth-order valence-electron chi connectivity index (χ4n) is 3.21. The van der Waals surface area contributed by atoms with E-state index in [9.17, 15) is 9.59 Å². The van der Waals surface area contributed by atoms with Gasteiger partial charge in [-0.2, -0.15) is 0 Å². The van der Waals surface area contributed by atoms with Crippen LogP contribution in [0.25, 0.3) is 0 Å². The summed E-state index contributed by atoms with van der Waals surface area (Å²) in [7, 11) is 2.42. The Kier molecular flexibility index (Phi) is 6.19. The molecule has 0 spiro atoms. The fraction of sp³-hybridized carbons (Fsp3) is 0.263. The molecule has 0 aliphatic carbocycles. The number of hydrogen-bond donors (Lipinski definition) is 0. The number of carbonyl (C=O) groups excluding carboxylic acids is 2. The molecule has 0 N–H and O–H groups in total. The van der Waals surface area contributed by atoms with Crippen LogP contribution in [0.2, 0.25) is 0 Å². The molecular formula is C19H16BrCl2NO5. The summed E-state index contributed by atoms with van der Waals surface area (Å²) in [5.41, 5.74) is -1.41. The highest BCUT2D eigenvalue weighted by atomic mass is 79.9. The van der Waals surface area contributed by atoms with E-state index in [1.807, 2.05) is 0 Å². The third kappa shape index (κ3) is 3.26. The summed E-state index contributed by atoms with van der Waals surface area (Å²) in [5.74, 6) is -1.57. The molecule has 28 heavy (non-hydrogen) atoms. The maximum atomic E-state index is 12.9. The van der Waals surface area contributed by atoms with Gasteiger partial charge in [0.25, 0.3) is 0 Å². The number of esters is 2. The molecule has 2 atom stereocenters. The number of nitrogens with zero attached hydrogens (tertiary/aromatic N) is 1. The lowest BCUT2D eigenvalue weighted by Crippen LogP contribution is -2.55. The first-order valence-corrected chi connectivity index (χ1v) is 9.80. The van der Waals surface area contributed by atoms with Crippen LogP contribution in [0.15, 0.2) is 64.4 Å². The Morgan fingerprint density at radius 3 is 2.39 bits per heavy atom. The molecule has 2 aliphatic rings. The average molecular weight is 489 g/mol. The maximum absolute atomic E-state index is 12.9. The first-order valence-electron chi connectivity index (χ1n) is 8.13. The first-order chi connectivity index (χ1) is 13.4. The van der Waals surface area contributed by atoms with Gasteiger partial charge < -0.3 is 19.1 Å². The van der Waals surface area contributed by atoms with Crippen molar-refractivity contribution in [1.82, 2.24) is 4.90 Å². The highest BCUT2D eigenvalue weighted by molar-refractivity contribution is 9.11. The van der Waals surface area contributed by atoms with Gasteiger partial charge in [0.15, 0.2) is 11.8 Å². The van der Waals surface area contributed by atoms with E-state index in [0.29, 0.717) is 10.0 Å². The van der Waals surface area contributed by atoms with Gasteiger partial charge in [-0.25, -0.2) is 9.59 Å². The van der Waals surface area contributed by atoms with Crippen molar-refractivity contribution in [2.45, 2.75) is 16.7 Å². The van der Waals surface area contributed by atoms with Crippen LogP contribution in [0.4, 0.5) is 0 Å². The second-order valence-corrected chi connectivity index (χ2v) is 7.89. The predicted octanol–water partition coefficient (Wildman–Crippen LogP) is 3.75. The van der Waals surface area contributed by atoms with E-state index in [1.165, 1.54) is 19.1 Å². The van der Waals surface area contributed by atoms with Crippen LogP contribution in [0.5, 0.6) is 0 Å². The highest BCUT2D eigenvalue weighted by Crippen LogP contribution is 2.50. The van der Waals surface area contributed by atoms with Crippen LogP contribution in [0.3, 0.4) is 0 Å². The summed E-state index contributed by atoms with van der Waals surface area (Å²) >= 11 is 16.3. The van der Waals surface area contributed by atoms with Gasteiger partial charge >= 0.3 is 11.9 Å². The number of ether oxygens (including phenoxy) is 3. The molecule has 148 valence electrons. The lowest BCUT2D eigenvalue weighted by Gasteiger charge is -2.48. The average Bonchev–Trinajstić information content (AvgIpc) is 2.72. The normalized spacial score (nSPS) is 24.0.